The van der Waals surface area contributed by atoms with Gasteiger partial charge in [0, 0.05) is 18.7 Å². The van der Waals surface area contributed by atoms with Gasteiger partial charge in [0.25, 0.3) is 0 Å². The Labute approximate surface area is 131 Å². The van der Waals surface area contributed by atoms with Gasteiger partial charge in [-0.1, -0.05) is 31.4 Å². The topological polar surface area (TPSA) is 20.3 Å². The molecule has 1 rings (SSSR count). The fourth-order valence-electron chi connectivity index (χ4n) is 1.82. The van der Waals surface area contributed by atoms with E-state index in [2.05, 4.69) is 12.8 Å². The smallest absolute Gasteiger partial charge is 0.224 e. The van der Waals surface area contributed by atoms with Crippen molar-refractivity contribution in [3.05, 3.63) is 35.6 Å². The Balaban J connectivity index is 2.46. The first kappa shape index (κ1) is 17.6. The predicted molar refractivity (Wildman–Crippen MR) is 87.5 cm³/mol. The van der Waals surface area contributed by atoms with Gasteiger partial charge in [-0.2, -0.15) is 11.8 Å². The van der Waals surface area contributed by atoms with Crippen LogP contribution in [-0.4, -0.2) is 28.9 Å². The highest BCUT2D eigenvalue weighted by atomic mass is 32.2. The number of unbranched alkanes of at least 4 members (excludes halogenated alkanes) is 1. The Morgan fingerprint density at radius 3 is 2.67 bits per heavy atom. The zero-order valence-electron chi connectivity index (χ0n) is 12.5. The average molecular weight is 307 g/mol. The van der Waals surface area contributed by atoms with Gasteiger partial charge in [0.2, 0.25) is 5.91 Å². The molecule has 0 aliphatic carbocycles. The molecule has 4 heteroatoms. The first-order chi connectivity index (χ1) is 10.2. The van der Waals surface area contributed by atoms with Crippen molar-refractivity contribution < 1.29 is 9.18 Å². The summed E-state index contributed by atoms with van der Waals surface area (Å²) in [5, 5.41) is 0. The van der Waals surface area contributed by atoms with Crippen LogP contribution in [0.15, 0.2) is 24.3 Å². The Kier molecular flexibility index (Phi) is 8.61. The summed E-state index contributed by atoms with van der Waals surface area (Å²) in [6.07, 6.45) is 8.19. The number of benzene rings is 1. The third-order valence-corrected chi connectivity index (χ3v) is 4.09. The van der Waals surface area contributed by atoms with Crippen LogP contribution >= 0.6 is 11.8 Å². The van der Waals surface area contributed by atoms with Gasteiger partial charge >= 0.3 is 0 Å². The van der Waals surface area contributed by atoms with Crippen molar-refractivity contribution >= 4 is 17.7 Å². The Morgan fingerprint density at radius 2 is 2.05 bits per heavy atom. The van der Waals surface area contributed by atoms with Crippen molar-refractivity contribution in [2.45, 2.75) is 32.7 Å². The minimum Gasteiger partial charge on any atom is -0.327 e. The average Bonchev–Trinajstić information content (AvgIpc) is 2.48. The molecule has 0 fully saturated rings. The number of rotatable bonds is 9. The van der Waals surface area contributed by atoms with Gasteiger partial charge < -0.3 is 4.90 Å². The third kappa shape index (κ3) is 7.19. The number of terminal acetylenes is 1. The molecule has 0 radical (unpaired) electrons. The molecule has 114 valence electrons. The second-order valence-corrected chi connectivity index (χ2v) is 6.02. The van der Waals surface area contributed by atoms with Crippen molar-refractivity contribution in [3.8, 4) is 12.3 Å². The second-order valence-electron chi connectivity index (χ2n) is 4.80. The van der Waals surface area contributed by atoms with E-state index in [0.717, 1.165) is 17.1 Å². The van der Waals surface area contributed by atoms with Crippen LogP contribution in [0.4, 0.5) is 4.39 Å². The quantitative estimate of drug-likeness (QED) is 0.512. The van der Waals surface area contributed by atoms with E-state index in [1.165, 1.54) is 25.0 Å². The van der Waals surface area contributed by atoms with E-state index < -0.39 is 0 Å². The lowest BCUT2D eigenvalue weighted by atomic mass is 10.2. The molecule has 2 nitrogen and oxygen atoms in total. The Morgan fingerprint density at radius 1 is 1.33 bits per heavy atom. The minimum absolute atomic E-state index is 0.0567. The minimum atomic E-state index is -0.277. The lowest BCUT2D eigenvalue weighted by Gasteiger charge is -2.20. The number of halogens is 1. The van der Waals surface area contributed by atoms with Gasteiger partial charge in [-0.15, -0.1) is 6.42 Å². The number of nitrogens with zero attached hydrogens (tertiary/aromatic N) is 1. The summed E-state index contributed by atoms with van der Waals surface area (Å²) in [6.45, 7) is 2.88. The molecule has 0 saturated carbocycles. The van der Waals surface area contributed by atoms with Crippen LogP contribution in [-0.2, 0) is 11.3 Å². The van der Waals surface area contributed by atoms with E-state index in [0.29, 0.717) is 13.0 Å². The maximum absolute atomic E-state index is 12.9. The lowest BCUT2D eigenvalue weighted by Crippen LogP contribution is -2.31. The summed E-state index contributed by atoms with van der Waals surface area (Å²) < 4.78 is 12.9. The molecular formula is C17H22FNOS. The van der Waals surface area contributed by atoms with Crippen LogP contribution in [0.25, 0.3) is 0 Å². The molecule has 0 heterocycles. The first-order valence-electron chi connectivity index (χ1n) is 7.20. The largest absolute Gasteiger partial charge is 0.327 e. The number of amides is 1. The molecule has 1 amide bonds. The van der Waals surface area contributed by atoms with Crippen molar-refractivity contribution in [1.29, 1.82) is 0 Å². The first-order valence-corrected chi connectivity index (χ1v) is 8.36. The molecule has 1 aromatic carbocycles. The van der Waals surface area contributed by atoms with Gasteiger partial charge in [-0.25, -0.2) is 4.39 Å². The van der Waals surface area contributed by atoms with Crippen molar-refractivity contribution in [1.82, 2.24) is 4.90 Å². The molecule has 0 atom stereocenters. The highest BCUT2D eigenvalue weighted by molar-refractivity contribution is 7.99. The molecule has 0 aromatic heterocycles. The van der Waals surface area contributed by atoms with Gasteiger partial charge in [0.15, 0.2) is 0 Å². The van der Waals surface area contributed by atoms with Crippen LogP contribution in [0.3, 0.4) is 0 Å². The van der Waals surface area contributed by atoms with E-state index in [1.807, 2.05) is 0 Å². The summed E-state index contributed by atoms with van der Waals surface area (Å²) in [4.78, 5) is 13.8. The van der Waals surface area contributed by atoms with Crippen LogP contribution in [0.5, 0.6) is 0 Å². The van der Waals surface area contributed by atoms with Crippen LogP contribution in [0.2, 0.25) is 0 Å². The second kappa shape index (κ2) is 10.3. The highest BCUT2D eigenvalue weighted by Gasteiger charge is 2.12. The van der Waals surface area contributed by atoms with Gasteiger partial charge in [-0.05, 0) is 29.9 Å². The van der Waals surface area contributed by atoms with Crippen molar-refractivity contribution in [2.75, 3.05) is 18.1 Å². The Bertz CT molecular complexity index is 467. The standard InChI is InChI=1S/C17H22FNOS/c1-3-5-12-21-13-10-17(20)19(11-4-2)14-15-6-8-16(18)9-7-15/h2,6-9H,3,5,10-14H2,1H3. The molecule has 0 spiro atoms. The molecule has 0 unspecified atom stereocenters. The molecule has 0 N–H and O–H groups in total. The van der Waals surface area contributed by atoms with E-state index in [1.54, 1.807) is 28.8 Å². The third-order valence-electron chi connectivity index (χ3n) is 3.02. The summed E-state index contributed by atoms with van der Waals surface area (Å²) >= 11 is 1.80. The highest BCUT2D eigenvalue weighted by Crippen LogP contribution is 2.11. The monoisotopic (exact) mass is 307 g/mol. The van der Waals surface area contributed by atoms with Gasteiger partial charge in [0.1, 0.15) is 5.82 Å². The molecule has 0 aliphatic rings. The van der Waals surface area contributed by atoms with Crippen LogP contribution in [0, 0.1) is 18.2 Å². The lowest BCUT2D eigenvalue weighted by molar-refractivity contribution is -0.130. The zero-order chi connectivity index (χ0) is 15.5. The van der Waals surface area contributed by atoms with E-state index in [-0.39, 0.29) is 18.3 Å². The predicted octanol–water partition coefficient (Wildman–Crippen LogP) is 3.71. The maximum atomic E-state index is 12.9. The van der Waals surface area contributed by atoms with E-state index >= 15 is 0 Å². The van der Waals surface area contributed by atoms with Crippen LogP contribution < -0.4 is 0 Å². The number of hydrogen-bond donors (Lipinski definition) is 0. The van der Waals surface area contributed by atoms with Crippen molar-refractivity contribution in [3.63, 3.8) is 0 Å². The molecule has 0 saturated heterocycles. The fraction of sp³-hybridized carbons (Fsp3) is 0.471. The Hall–Kier alpha value is -1.47. The summed E-state index contributed by atoms with van der Waals surface area (Å²) in [5.74, 6) is 4.21. The van der Waals surface area contributed by atoms with E-state index in [9.17, 15) is 9.18 Å². The van der Waals surface area contributed by atoms with Gasteiger partial charge in [0.05, 0.1) is 6.54 Å². The number of thioether (sulfide) groups is 1. The fourth-order valence-corrected chi connectivity index (χ4v) is 2.83. The summed E-state index contributed by atoms with van der Waals surface area (Å²) in [7, 11) is 0. The maximum Gasteiger partial charge on any atom is 0.224 e. The molecule has 21 heavy (non-hydrogen) atoms. The van der Waals surface area contributed by atoms with Crippen molar-refractivity contribution in [2.24, 2.45) is 0 Å². The summed E-state index contributed by atoms with van der Waals surface area (Å²) in [6, 6.07) is 6.16. The summed E-state index contributed by atoms with van der Waals surface area (Å²) in [5.41, 5.74) is 0.888. The van der Waals surface area contributed by atoms with E-state index in [4.69, 9.17) is 6.42 Å². The van der Waals surface area contributed by atoms with Gasteiger partial charge in [-0.3, -0.25) is 4.79 Å². The zero-order valence-corrected chi connectivity index (χ0v) is 13.3. The molecule has 1 aromatic rings. The normalized spacial score (nSPS) is 10.1. The number of carbonyl (C=O) groups excluding carboxylic acids is 1. The number of carbonyl (C=O) groups is 1. The molecular weight excluding hydrogens is 285 g/mol. The SMILES string of the molecule is C#CCN(Cc1ccc(F)cc1)C(=O)CCSCCCC. The number of hydrogen-bond acceptors (Lipinski definition) is 2. The van der Waals surface area contributed by atoms with Crippen LogP contribution in [0.1, 0.15) is 31.7 Å². The molecule has 0 bridgehead atoms. The molecule has 0 aliphatic heterocycles.